The van der Waals surface area contributed by atoms with Gasteiger partial charge in [-0.3, -0.25) is 4.79 Å². The molecule has 1 amide bonds. The standard InChI is InChI=1S/C19H17N3O3S2/c1-11-15(18(26-3)22-16(20-11)14-8-5-9-27-14)17(23)21-13-7-4-6-12(10-13)19(24)25-2/h4-10H,1-3H3,(H,21,23). The van der Waals surface area contributed by atoms with Gasteiger partial charge in [0.05, 0.1) is 28.8 Å². The van der Waals surface area contributed by atoms with Gasteiger partial charge in [0.1, 0.15) is 5.03 Å². The lowest BCUT2D eigenvalue weighted by atomic mass is 10.2. The van der Waals surface area contributed by atoms with E-state index in [0.717, 1.165) is 4.88 Å². The number of anilines is 1. The molecule has 2 aromatic heterocycles. The molecule has 6 nitrogen and oxygen atoms in total. The number of carbonyl (C=O) groups excluding carboxylic acids is 2. The minimum Gasteiger partial charge on any atom is -0.465 e. The van der Waals surface area contributed by atoms with Gasteiger partial charge in [-0.25, -0.2) is 14.8 Å². The van der Waals surface area contributed by atoms with Crippen LogP contribution >= 0.6 is 23.1 Å². The van der Waals surface area contributed by atoms with E-state index in [1.54, 1.807) is 42.5 Å². The van der Waals surface area contributed by atoms with E-state index in [0.29, 0.717) is 33.4 Å². The zero-order valence-electron chi connectivity index (χ0n) is 15.0. The molecule has 0 unspecified atom stereocenters. The summed E-state index contributed by atoms with van der Waals surface area (Å²) in [7, 11) is 1.31. The number of benzene rings is 1. The van der Waals surface area contributed by atoms with Crippen molar-refractivity contribution in [1.82, 2.24) is 9.97 Å². The number of amides is 1. The Labute approximate surface area is 165 Å². The van der Waals surface area contributed by atoms with E-state index in [-0.39, 0.29) is 5.91 Å². The molecule has 0 saturated heterocycles. The van der Waals surface area contributed by atoms with Crippen molar-refractivity contribution >= 4 is 40.7 Å². The Hall–Kier alpha value is -2.71. The smallest absolute Gasteiger partial charge is 0.337 e. The highest BCUT2D eigenvalue weighted by molar-refractivity contribution is 7.98. The number of aryl methyl sites for hydroxylation is 1. The molecule has 1 aromatic carbocycles. The van der Waals surface area contributed by atoms with Crippen LogP contribution in [0.4, 0.5) is 5.69 Å². The summed E-state index contributed by atoms with van der Waals surface area (Å²) >= 11 is 2.94. The predicted octanol–water partition coefficient (Wildman–Crippen LogP) is 4.27. The summed E-state index contributed by atoms with van der Waals surface area (Å²) in [5.41, 5.74) is 1.88. The average Bonchev–Trinajstić information content (AvgIpc) is 3.21. The topological polar surface area (TPSA) is 81.2 Å². The lowest BCUT2D eigenvalue weighted by molar-refractivity contribution is 0.0600. The first-order valence-corrected chi connectivity index (χ1v) is 10.1. The van der Waals surface area contributed by atoms with Crippen LogP contribution in [0, 0.1) is 6.92 Å². The predicted molar refractivity (Wildman–Crippen MR) is 108 cm³/mol. The summed E-state index contributed by atoms with van der Waals surface area (Å²) in [4.78, 5) is 34.5. The van der Waals surface area contributed by atoms with Crippen LogP contribution in [-0.2, 0) is 4.74 Å². The molecule has 2 heterocycles. The maximum atomic E-state index is 12.8. The number of nitrogens with zero attached hydrogens (tertiary/aromatic N) is 2. The number of methoxy groups -OCH3 is 1. The lowest BCUT2D eigenvalue weighted by Crippen LogP contribution is -2.17. The minimum atomic E-state index is -0.462. The third-order valence-corrected chi connectivity index (χ3v) is 5.31. The van der Waals surface area contributed by atoms with Crippen LogP contribution in [0.2, 0.25) is 0 Å². The van der Waals surface area contributed by atoms with E-state index >= 15 is 0 Å². The highest BCUT2D eigenvalue weighted by atomic mass is 32.2. The molecular weight excluding hydrogens is 382 g/mol. The second-order valence-electron chi connectivity index (χ2n) is 5.52. The molecule has 8 heteroatoms. The van der Waals surface area contributed by atoms with Crippen molar-refractivity contribution in [3.05, 3.63) is 58.6 Å². The fourth-order valence-corrected chi connectivity index (χ4v) is 3.79. The third-order valence-electron chi connectivity index (χ3n) is 3.76. The van der Waals surface area contributed by atoms with Gasteiger partial charge < -0.3 is 10.1 Å². The lowest BCUT2D eigenvalue weighted by Gasteiger charge is -2.12. The zero-order valence-corrected chi connectivity index (χ0v) is 16.6. The molecule has 3 rings (SSSR count). The van der Waals surface area contributed by atoms with Crippen molar-refractivity contribution in [3.8, 4) is 10.7 Å². The van der Waals surface area contributed by atoms with Crippen LogP contribution < -0.4 is 5.32 Å². The molecule has 0 spiro atoms. The molecule has 0 aliphatic rings. The van der Waals surface area contributed by atoms with Crippen LogP contribution in [0.25, 0.3) is 10.7 Å². The fourth-order valence-electron chi connectivity index (χ4n) is 2.51. The van der Waals surface area contributed by atoms with Gasteiger partial charge in [0.15, 0.2) is 5.82 Å². The summed E-state index contributed by atoms with van der Waals surface area (Å²) in [5.74, 6) is -0.177. The minimum absolute atomic E-state index is 0.323. The van der Waals surface area contributed by atoms with Gasteiger partial charge in [-0.1, -0.05) is 12.1 Å². The number of rotatable bonds is 5. The first kappa shape index (κ1) is 19.1. The number of thioether (sulfide) groups is 1. The Balaban J connectivity index is 1.92. The normalized spacial score (nSPS) is 10.5. The second kappa shape index (κ2) is 8.32. The zero-order chi connectivity index (χ0) is 19.4. The van der Waals surface area contributed by atoms with Gasteiger partial charge >= 0.3 is 5.97 Å². The van der Waals surface area contributed by atoms with Crippen LogP contribution in [0.15, 0.2) is 46.8 Å². The fraction of sp³-hybridized carbons (Fsp3) is 0.158. The summed E-state index contributed by atoms with van der Waals surface area (Å²) in [6.07, 6.45) is 1.87. The Morgan fingerprint density at radius 3 is 2.67 bits per heavy atom. The Morgan fingerprint density at radius 1 is 1.19 bits per heavy atom. The molecule has 0 aliphatic heterocycles. The SMILES string of the molecule is COC(=O)c1cccc(NC(=O)c2c(C)nc(-c3cccs3)nc2SC)c1. The first-order chi connectivity index (χ1) is 13.0. The molecule has 3 aromatic rings. The second-order valence-corrected chi connectivity index (χ2v) is 7.26. The maximum absolute atomic E-state index is 12.8. The van der Waals surface area contributed by atoms with Gasteiger partial charge in [0.2, 0.25) is 0 Å². The largest absolute Gasteiger partial charge is 0.465 e. The third kappa shape index (κ3) is 4.17. The summed E-state index contributed by atoms with van der Waals surface area (Å²) in [6.45, 7) is 1.79. The number of ether oxygens (including phenoxy) is 1. The summed E-state index contributed by atoms with van der Waals surface area (Å²) < 4.78 is 4.71. The van der Waals surface area contributed by atoms with Crippen LogP contribution in [0.1, 0.15) is 26.4 Å². The van der Waals surface area contributed by atoms with E-state index in [1.165, 1.54) is 18.9 Å². The monoisotopic (exact) mass is 399 g/mol. The number of nitrogens with one attached hydrogen (secondary N) is 1. The quantitative estimate of drug-likeness (QED) is 0.392. The number of esters is 1. The molecule has 0 fully saturated rings. The average molecular weight is 399 g/mol. The van der Waals surface area contributed by atoms with Gasteiger partial charge in [0.25, 0.3) is 5.91 Å². The number of aromatic nitrogens is 2. The van der Waals surface area contributed by atoms with Crippen LogP contribution in [-0.4, -0.2) is 35.2 Å². The number of hydrogen-bond acceptors (Lipinski definition) is 7. The van der Waals surface area contributed by atoms with E-state index in [9.17, 15) is 9.59 Å². The van der Waals surface area contributed by atoms with Crippen LogP contribution in [0.3, 0.4) is 0 Å². The van der Waals surface area contributed by atoms with Gasteiger partial charge in [-0.15, -0.1) is 23.1 Å². The molecule has 0 radical (unpaired) electrons. The molecule has 0 aliphatic carbocycles. The van der Waals surface area contributed by atoms with Crippen molar-refractivity contribution in [2.24, 2.45) is 0 Å². The van der Waals surface area contributed by atoms with E-state index in [2.05, 4.69) is 15.3 Å². The van der Waals surface area contributed by atoms with Gasteiger partial charge in [-0.2, -0.15) is 0 Å². The maximum Gasteiger partial charge on any atom is 0.337 e. The molecule has 0 saturated carbocycles. The molecule has 0 atom stereocenters. The van der Waals surface area contributed by atoms with Crippen LogP contribution in [0.5, 0.6) is 0 Å². The van der Waals surface area contributed by atoms with Crippen molar-refractivity contribution in [3.63, 3.8) is 0 Å². The van der Waals surface area contributed by atoms with Crippen molar-refractivity contribution in [2.75, 3.05) is 18.7 Å². The number of hydrogen-bond donors (Lipinski definition) is 1. The van der Waals surface area contributed by atoms with E-state index in [1.807, 2.05) is 23.8 Å². The molecule has 27 heavy (non-hydrogen) atoms. The van der Waals surface area contributed by atoms with Crippen molar-refractivity contribution in [1.29, 1.82) is 0 Å². The van der Waals surface area contributed by atoms with Gasteiger partial charge in [-0.05, 0) is 42.8 Å². The van der Waals surface area contributed by atoms with E-state index < -0.39 is 5.97 Å². The Bertz CT molecular complexity index is 988. The van der Waals surface area contributed by atoms with Gasteiger partial charge in [0, 0.05) is 5.69 Å². The molecule has 138 valence electrons. The van der Waals surface area contributed by atoms with Crippen molar-refractivity contribution < 1.29 is 14.3 Å². The van der Waals surface area contributed by atoms with Crippen molar-refractivity contribution in [2.45, 2.75) is 11.9 Å². The van der Waals surface area contributed by atoms with E-state index in [4.69, 9.17) is 4.74 Å². The number of carbonyl (C=O) groups is 2. The molecule has 1 N–H and O–H groups in total. The summed E-state index contributed by atoms with van der Waals surface area (Å²) in [5, 5.41) is 5.37. The Morgan fingerprint density at radius 2 is 2.00 bits per heavy atom. The number of thiophene rings is 1. The summed E-state index contributed by atoms with van der Waals surface area (Å²) in [6, 6.07) is 10.5. The highest BCUT2D eigenvalue weighted by Gasteiger charge is 2.20. The molecular formula is C19H17N3O3S2. The first-order valence-electron chi connectivity index (χ1n) is 7.99. The highest BCUT2D eigenvalue weighted by Crippen LogP contribution is 2.28. The molecule has 0 bridgehead atoms. The Kier molecular flexibility index (Phi) is 5.88.